The van der Waals surface area contributed by atoms with E-state index in [0.717, 1.165) is 36.6 Å². The van der Waals surface area contributed by atoms with E-state index < -0.39 is 0 Å². The zero-order valence-corrected chi connectivity index (χ0v) is 20.2. The summed E-state index contributed by atoms with van der Waals surface area (Å²) in [6, 6.07) is 29.5. The highest BCUT2D eigenvalue weighted by Gasteiger charge is 2.26. The molecule has 1 saturated heterocycles. The lowest BCUT2D eigenvalue weighted by atomic mass is 10.1. The lowest BCUT2D eigenvalue weighted by Crippen LogP contribution is -2.49. The zero-order chi connectivity index (χ0) is 24.0. The Bertz CT molecular complexity index is 1290. The summed E-state index contributed by atoms with van der Waals surface area (Å²) in [5, 5.41) is 5.43. The molecule has 1 aliphatic heterocycles. The number of rotatable bonds is 6. The van der Waals surface area contributed by atoms with Gasteiger partial charge in [-0.15, -0.1) is 0 Å². The van der Waals surface area contributed by atoms with Crippen molar-refractivity contribution in [3.8, 4) is 16.9 Å². The first kappa shape index (κ1) is 23.1. The first-order valence-electron chi connectivity index (χ1n) is 11.8. The molecule has 1 fully saturated rings. The summed E-state index contributed by atoms with van der Waals surface area (Å²) >= 11 is 6.09. The van der Waals surface area contributed by atoms with Crippen molar-refractivity contribution < 1.29 is 4.79 Å². The van der Waals surface area contributed by atoms with Gasteiger partial charge in [0.1, 0.15) is 5.69 Å². The van der Waals surface area contributed by atoms with E-state index >= 15 is 0 Å². The molecule has 1 aliphatic rings. The molecule has 0 N–H and O–H groups in total. The van der Waals surface area contributed by atoms with Crippen LogP contribution >= 0.6 is 11.6 Å². The molecule has 0 saturated carbocycles. The van der Waals surface area contributed by atoms with Crippen molar-refractivity contribution in [1.82, 2.24) is 19.6 Å². The fourth-order valence-electron chi connectivity index (χ4n) is 4.26. The van der Waals surface area contributed by atoms with Crippen molar-refractivity contribution in [3.05, 3.63) is 113 Å². The van der Waals surface area contributed by atoms with Crippen LogP contribution in [-0.4, -0.2) is 58.2 Å². The predicted octanol–water partition coefficient (Wildman–Crippen LogP) is 5.66. The molecule has 0 aliphatic carbocycles. The Morgan fingerprint density at radius 2 is 1.51 bits per heavy atom. The van der Waals surface area contributed by atoms with Gasteiger partial charge in [0.05, 0.1) is 11.4 Å². The molecule has 0 spiro atoms. The maximum Gasteiger partial charge on any atom is 0.272 e. The second-order valence-electron chi connectivity index (χ2n) is 8.57. The second kappa shape index (κ2) is 10.7. The number of nitrogens with zero attached hydrogens (tertiary/aromatic N) is 4. The average Bonchev–Trinajstić information content (AvgIpc) is 3.36. The number of amides is 1. The van der Waals surface area contributed by atoms with Gasteiger partial charge in [0.15, 0.2) is 0 Å². The Balaban J connectivity index is 1.31. The second-order valence-corrected chi connectivity index (χ2v) is 9.01. The normalized spacial score (nSPS) is 14.5. The number of hydrogen-bond donors (Lipinski definition) is 0. The van der Waals surface area contributed by atoms with Crippen molar-refractivity contribution >= 4 is 23.6 Å². The summed E-state index contributed by atoms with van der Waals surface area (Å²) in [6.45, 7) is 3.92. The molecule has 35 heavy (non-hydrogen) atoms. The van der Waals surface area contributed by atoms with Crippen molar-refractivity contribution in [2.75, 3.05) is 32.7 Å². The first-order chi connectivity index (χ1) is 17.2. The lowest BCUT2D eigenvalue weighted by Gasteiger charge is -2.34. The number of piperazine rings is 1. The van der Waals surface area contributed by atoms with Crippen LogP contribution in [0.4, 0.5) is 0 Å². The van der Waals surface area contributed by atoms with E-state index in [-0.39, 0.29) is 5.91 Å². The third-order valence-electron chi connectivity index (χ3n) is 6.20. The van der Waals surface area contributed by atoms with Crippen LogP contribution in [0.2, 0.25) is 5.02 Å². The molecular formula is C29H27ClN4O. The standard InChI is InChI=1S/C29H27ClN4O/c30-25-13-15-26(16-14-25)34-28(22-27(31-34)24-11-5-2-6-12-24)29(35)33-20-18-32(19-21-33)17-7-10-23-8-3-1-4-9-23/h1-16,22H,17-21H2/b10-7+. The van der Waals surface area contributed by atoms with Crippen LogP contribution in [0.5, 0.6) is 0 Å². The van der Waals surface area contributed by atoms with E-state index in [1.165, 1.54) is 5.56 Å². The lowest BCUT2D eigenvalue weighted by molar-refractivity contribution is 0.0641. The number of halogens is 1. The van der Waals surface area contributed by atoms with E-state index in [9.17, 15) is 4.79 Å². The van der Waals surface area contributed by atoms with Crippen LogP contribution in [0.3, 0.4) is 0 Å². The molecule has 4 aromatic rings. The van der Waals surface area contributed by atoms with Crippen molar-refractivity contribution in [3.63, 3.8) is 0 Å². The summed E-state index contributed by atoms with van der Waals surface area (Å²) in [5.41, 5.74) is 4.32. The predicted molar refractivity (Wildman–Crippen MR) is 142 cm³/mol. The number of hydrogen-bond acceptors (Lipinski definition) is 3. The van der Waals surface area contributed by atoms with Crippen LogP contribution in [0.25, 0.3) is 23.0 Å². The van der Waals surface area contributed by atoms with Crippen molar-refractivity contribution in [2.45, 2.75) is 0 Å². The van der Waals surface area contributed by atoms with Gasteiger partial charge in [-0.3, -0.25) is 9.69 Å². The smallest absolute Gasteiger partial charge is 0.272 e. The summed E-state index contributed by atoms with van der Waals surface area (Å²) in [6.07, 6.45) is 4.34. The topological polar surface area (TPSA) is 41.4 Å². The van der Waals surface area contributed by atoms with E-state index in [0.29, 0.717) is 23.8 Å². The van der Waals surface area contributed by atoms with E-state index in [1.807, 2.05) is 83.8 Å². The van der Waals surface area contributed by atoms with Crippen LogP contribution in [0, 0.1) is 0 Å². The Morgan fingerprint density at radius 1 is 0.857 bits per heavy atom. The molecule has 0 atom stereocenters. The van der Waals surface area contributed by atoms with Gasteiger partial charge in [-0.05, 0) is 35.9 Å². The number of benzene rings is 3. The summed E-state index contributed by atoms with van der Waals surface area (Å²) in [7, 11) is 0. The number of aromatic nitrogens is 2. The van der Waals surface area contributed by atoms with Gasteiger partial charge in [-0.2, -0.15) is 5.10 Å². The van der Waals surface area contributed by atoms with E-state index in [4.69, 9.17) is 16.7 Å². The summed E-state index contributed by atoms with van der Waals surface area (Å²) < 4.78 is 1.73. The minimum Gasteiger partial charge on any atom is -0.335 e. The zero-order valence-electron chi connectivity index (χ0n) is 19.4. The third-order valence-corrected chi connectivity index (χ3v) is 6.45. The Hall–Kier alpha value is -3.67. The minimum atomic E-state index is -0.00545. The summed E-state index contributed by atoms with van der Waals surface area (Å²) in [5.74, 6) is -0.00545. The molecule has 1 amide bonds. The SMILES string of the molecule is O=C(c1cc(-c2ccccc2)nn1-c1ccc(Cl)cc1)N1CCN(C/C=C/c2ccccc2)CC1. The summed E-state index contributed by atoms with van der Waals surface area (Å²) in [4.78, 5) is 17.9. The van der Waals surface area contributed by atoms with Gasteiger partial charge in [-0.1, -0.05) is 84.4 Å². The molecular weight excluding hydrogens is 456 g/mol. The molecule has 176 valence electrons. The Morgan fingerprint density at radius 3 is 2.20 bits per heavy atom. The molecule has 6 heteroatoms. The third kappa shape index (κ3) is 5.53. The van der Waals surface area contributed by atoms with Crippen LogP contribution in [0.1, 0.15) is 16.1 Å². The maximum absolute atomic E-state index is 13.6. The highest BCUT2D eigenvalue weighted by Crippen LogP contribution is 2.24. The number of carbonyl (C=O) groups is 1. The van der Waals surface area contributed by atoms with Crippen LogP contribution < -0.4 is 0 Å². The van der Waals surface area contributed by atoms with Crippen LogP contribution in [-0.2, 0) is 0 Å². The van der Waals surface area contributed by atoms with Gasteiger partial charge in [0.25, 0.3) is 5.91 Å². The molecule has 3 aromatic carbocycles. The Kier molecular flexibility index (Phi) is 7.07. The molecule has 5 nitrogen and oxygen atoms in total. The molecule has 0 bridgehead atoms. The van der Waals surface area contributed by atoms with Gasteiger partial charge < -0.3 is 4.90 Å². The monoisotopic (exact) mass is 482 g/mol. The van der Waals surface area contributed by atoms with Crippen molar-refractivity contribution in [1.29, 1.82) is 0 Å². The molecule has 5 rings (SSSR count). The molecule has 0 unspecified atom stereocenters. The highest BCUT2D eigenvalue weighted by atomic mass is 35.5. The Labute approximate surface area is 210 Å². The first-order valence-corrected chi connectivity index (χ1v) is 12.2. The van der Waals surface area contributed by atoms with E-state index in [1.54, 1.807) is 4.68 Å². The molecule has 0 radical (unpaired) electrons. The van der Waals surface area contributed by atoms with Gasteiger partial charge in [0, 0.05) is 43.3 Å². The molecule has 1 aromatic heterocycles. The largest absolute Gasteiger partial charge is 0.335 e. The maximum atomic E-state index is 13.6. The quantitative estimate of drug-likeness (QED) is 0.356. The van der Waals surface area contributed by atoms with Gasteiger partial charge >= 0.3 is 0 Å². The van der Waals surface area contributed by atoms with E-state index in [2.05, 4.69) is 29.2 Å². The minimum absolute atomic E-state index is 0.00545. The highest BCUT2D eigenvalue weighted by molar-refractivity contribution is 6.30. The van der Waals surface area contributed by atoms with Gasteiger partial charge in [0.2, 0.25) is 0 Å². The molecule has 2 heterocycles. The van der Waals surface area contributed by atoms with Crippen molar-refractivity contribution in [2.24, 2.45) is 0 Å². The fraction of sp³-hybridized carbons (Fsp3) is 0.172. The van der Waals surface area contributed by atoms with Gasteiger partial charge in [-0.25, -0.2) is 4.68 Å². The average molecular weight is 483 g/mol. The number of carbonyl (C=O) groups excluding carboxylic acids is 1. The van der Waals surface area contributed by atoms with Crippen LogP contribution in [0.15, 0.2) is 97.1 Å². The fourth-order valence-corrected chi connectivity index (χ4v) is 4.39.